The van der Waals surface area contributed by atoms with E-state index in [2.05, 4.69) is 167 Å². The van der Waals surface area contributed by atoms with Gasteiger partial charge in [0.1, 0.15) is 11.2 Å². The summed E-state index contributed by atoms with van der Waals surface area (Å²) in [6.07, 6.45) is 0. The second kappa shape index (κ2) is 9.96. The van der Waals surface area contributed by atoms with Crippen LogP contribution in [0.4, 0.5) is 0 Å². The molecule has 0 aliphatic rings. The molecule has 0 spiro atoms. The fourth-order valence-corrected chi connectivity index (χ4v) is 8.11. The van der Waals surface area contributed by atoms with E-state index in [1.165, 1.54) is 65.5 Å². The van der Waals surface area contributed by atoms with Gasteiger partial charge in [-0.2, -0.15) is 0 Å². The Bertz CT molecular complexity index is 3100. The molecule has 0 N–H and O–H groups in total. The molecule has 0 saturated carbocycles. The number of benzene rings is 8. The summed E-state index contributed by atoms with van der Waals surface area (Å²) in [5, 5.41) is 9.84. The van der Waals surface area contributed by atoms with Crippen LogP contribution in [0.15, 0.2) is 174 Å². The highest BCUT2D eigenvalue weighted by molar-refractivity contribution is 6.25. The molecule has 0 radical (unpaired) electrons. The molecule has 0 atom stereocenters. The van der Waals surface area contributed by atoms with Crippen LogP contribution in [-0.2, 0) is 0 Å². The second-order valence-electron chi connectivity index (χ2n) is 13.0. The van der Waals surface area contributed by atoms with Crippen LogP contribution < -0.4 is 0 Å². The summed E-state index contributed by atoms with van der Waals surface area (Å²) < 4.78 is 11.0. The van der Waals surface area contributed by atoms with Crippen LogP contribution in [0.2, 0.25) is 0 Å². The van der Waals surface area contributed by atoms with E-state index in [1.807, 2.05) is 12.1 Å². The first-order chi connectivity index (χ1) is 24.3. The zero-order chi connectivity index (χ0) is 32.1. The molecule has 0 unspecified atom stereocenters. The van der Waals surface area contributed by atoms with E-state index in [0.717, 1.165) is 33.3 Å². The number of fused-ring (bicyclic) bond motifs is 11. The van der Waals surface area contributed by atoms with E-state index in [4.69, 9.17) is 4.42 Å². The lowest BCUT2D eigenvalue weighted by Crippen LogP contribution is -1.96. The average molecular weight is 625 g/mol. The van der Waals surface area contributed by atoms with Gasteiger partial charge in [-0.1, -0.05) is 103 Å². The van der Waals surface area contributed by atoms with Gasteiger partial charge >= 0.3 is 0 Å². The molecule has 0 aliphatic heterocycles. The second-order valence-corrected chi connectivity index (χ2v) is 13.0. The zero-order valence-electron chi connectivity index (χ0n) is 26.5. The molecule has 11 aromatic rings. The van der Waals surface area contributed by atoms with Crippen molar-refractivity contribution in [1.29, 1.82) is 0 Å². The molecule has 228 valence electrons. The Morgan fingerprint density at radius 1 is 0.327 bits per heavy atom. The standard InChI is InChI=1S/C46H28N2O/c1-2-13-32(14-3-1)47-40-19-8-6-17-35(40)37-27-39-43(28-42(37)47)48(41-23-21-29-11-4-5-16-34(29)46(39)41)33-15-10-12-30(25-33)31-22-24-45-38(26-31)36-18-7-9-20-44(36)49-45/h1-28H. The van der Waals surface area contributed by atoms with Crippen molar-refractivity contribution < 1.29 is 4.42 Å². The maximum atomic E-state index is 6.15. The van der Waals surface area contributed by atoms with Crippen LogP contribution in [-0.4, -0.2) is 9.13 Å². The third-order valence-corrected chi connectivity index (χ3v) is 10.3. The average Bonchev–Trinajstić information content (AvgIpc) is 3.81. The topological polar surface area (TPSA) is 23.0 Å². The lowest BCUT2D eigenvalue weighted by Gasteiger charge is -2.12. The van der Waals surface area contributed by atoms with E-state index in [9.17, 15) is 0 Å². The zero-order valence-corrected chi connectivity index (χ0v) is 26.5. The van der Waals surface area contributed by atoms with Crippen molar-refractivity contribution in [3.63, 3.8) is 0 Å². The van der Waals surface area contributed by atoms with E-state index in [0.29, 0.717) is 0 Å². The Kier molecular flexibility index (Phi) is 5.38. The quantitative estimate of drug-likeness (QED) is 0.192. The maximum Gasteiger partial charge on any atom is 0.135 e. The molecule has 8 aromatic carbocycles. The number of hydrogen-bond acceptors (Lipinski definition) is 1. The first-order valence-corrected chi connectivity index (χ1v) is 16.8. The van der Waals surface area contributed by atoms with E-state index < -0.39 is 0 Å². The van der Waals surface area contributed by atoms with E-state index in [1.54, 1.807) is 0 Å². The number of furan rings is 1. The number of nitrogens with zero attached hydrogens (tertiary/aromatic N) is 2. The van der Waals surface area contributed by atoms with Crippen molar-refractivity contribution >= 4 is 76.3 Å². The minimum absolute atomic E-state index is 0.910. The highest BCUT2D eigenvalue weighted by Gasteiger charge is 2.20. The van der Waals surface area contributed by atoms with Crippen LogP contribution in [0.5, 0.6) is 0 Å². The minimum Gasteiger partial charge on any atom is -0.456 e. The molecule has 0 aliphatic carbocycles. The van der Waals surface area contributed by atoms with Crippen molar-refractivity contribution in [3.05, 3.63) is 170 Å². The van der Waals surface area contributed by atoms with Crippen LogP contribution in [0.25, 0.3) is 98.8 Å². The lowest BCUT2D eigenvalue weighted by molar-refractivity contribution is 0.669. The van der Waals surface area contributed by atoms with Crippen molar-refractivity contribution in [1.82, 2.24) is 9.13 Å². The number of aromatic nitrogens is 2. The minimum atomic E-state index is 0.910. The SMILES string of the molecule is c1ccc(-n2c3ccccc3c3cc4c5c6ccccc6ccc5n(-c5cccc(-c6ccc7oc8ccccc8c7c6)c5)c4cc32)cc1. The molecule has 3 heterocycles. The smallest absolute Gasteiger partial charge is 0.135 e. The third-order valence-electron chi connectivity index (χ3n) is 10.3. The Balaban J connectivity index is 1.23. The molecule has 11 rings (SSSR count). The molecular weight excluding hydrogens is 597 g/mol. The van der Waals surface area contributed by atoms with Gasteiger partial charge in [0.25, 0.3) is 0 Å². The fraction of sp³-hybridized carbons (Fsp3) is 0. The first-order valence-electron chi connectivity index (χ1n) is 16.8. The Labute approximate surface area is 281 Å². The van der Waals surface area contributed by atoms with Crippen LogP contribution in [0.3, 0.4) is 0 Å². The molecular formula is C46H28N2O. The first kappa shape index (κ1) is 26.5. The van der Waals surface area contributed by atoms with Crippen molar-refractivity contribution in [2.24, 2.45) is 0 Å². The predicted molar refractivity (Wildman–Crippen MR) is 205 cm³/mol. The molecule has 49 heavy (non-hydrogen) atoms. The summed E-state index contributed by atoms with van der Waals surface area (Å²) >= 11 is 0. The van der Waals surface area contributed by atoms with Crippen LogP contribution >= 0.6 is 0 Å². The monoisotopic (exact) mass is 624 g/mol. The van der Waals surface area contributed by atoms with Gasteiger partial charge in [0.05, 0.1) is 22.1 Å². The van der Waals surface area contributed by atoms with E-state index in [-0.39, 0.29) is 0 Å². The van der Waals surface area contributed by atoms with Gasteiger partial charge in [0, 0.05) is 43.7 Å². The Hall–Kier alpha value is -6.58. The number of para-hydroxylation sites is 3. The third kappa shape index (κ3) is 3.78. The summed E-state index contributed by atoms with van der Waals surface area (Å²) in [7, 11) is 0. The van der Waals surface area contributed by atoms with Crippen molar-refractivity contribution in [3.8, 4) is 22.5 Å². The van der Waals surface area contributed by atoms with Crippen LogP contribution in [0, 0.1) is 0 Å². The molecule has 0 fully saturated rings. The van der Waals surface area contributed by atoms with Crippen LogP contribution in [0.1, 0.15) is 0 Å². The van der Waals surface area contributed by atoms with Gasteiger partial charge in [0.15, 0.2) is 0 Å². The molecule has 0 amide bonds. The van der Waals surface area contributed by atoms with Gasteiger partial charge in [-0.15, -0.1) is 0 Å². The van der Waals surface area contributed by atoms with Crippen molar-refractivity contribution in [2.75, 3.05) is 0 Å². The molecule has 3 aromatic heterocycles. The summed E-state index contributed by atoms with van der Waals surface area (Å²) in [5.41, 5.74) is 11.2. The maximum absolute atomic E-state index is 6.15. The number of rotatable bonds is 3. The van der Waals surface area contributed by atoms with Gasteiger partial charge in [-0.25, -0.2) is 0 Å². The van der Waals surface area contributed by atoms with Crippen molar-refractivity contribution in [2.45, 2.75) is 0 Å². The Morgan fingerprint density at radius 3 is 1.94 bits per heavy atom. The summed E-state index contributed by atoms with van der Waals surface area (Å²) in [5.74, 6) is 0. The highest BCUT2D eigenvalue weighted by atomic mass is 16.3. The van der Waals surface area contributed by atoms with E-state index >= 15 is 0 Å². The normalized spacial score (nSPS) is 12.1. The fourth-order valence-electron chi connectivity index (χ4n) is 8.11. The van der Waals surface area contributed by atoms with Gasteiger partial charge in [0.2, 0.25) is 0 Å². The predicted octanol–water partition coefficient (Wildman–Crippen LogP) is 12.6. The van der Waals surface area contributed by atoms with Gasteiger partial charge in [-0.3, -0.25) is 0 Å². The number of hydrogen-bond donors (Lipinski definition) is 0. The molecule has 3 heteroatoms. The largest absolute Gasteiger partial charge is 0.456 e. The Morgan fingerprint density at radius 2 is 1.02 bits per heavy atom. The molecule has 0 saturated heterocycles. The molecule has 3 nitrogen and oxygen atoms in total. The summed E-state index contributed by atoms with van der Waals surface area (Å²) in [4.78, 5) is 0. The summed E-state index contributed by atoms with van der Waals surface area (Å²) in [6, 6.07) is 61.4. The highest BCUT2D eigenvalue weighted by Crippen LogP contribution is 2.42. The molecule has 0 bridgehead atoms. The van der Waals surface area contributed by atoms with Gasteiger partial charge < -0.3 is 13.6 Å². The summed E-state index contributed by atoms with van der Waals surface area (Å²) in [6.45, 7) is 0. The lowest BCUT2D eigenvalue weighted by atomic mass is 10.0. The van der Waals surface area contributed by atoms with Gasteiger partial charge in [-0.05, 0) is 88.6 Å².